The van der Waals surface area contributed by atoms with Crippen LogP contribution in [0.3, 0.4) is 0 Å². The van der Waals surface area contributed by atoms with Crippen LogP contribution in [0, 0.1) is 5.92 Å². The van der Waals surface area contributed by atoms with Crippen LogP contribution >= 0.6 is 11.8 Å². The molecule has 0 aromatic carbocycles. The lowest BCUT2D eigenvalue weighted by Gasteiger charge is -2.29. The van der Waals surface area contributed by atoms with Gasteiger partial charge in [-0.3, -0.25) is 9.59 Å². The maximum absolute atomic E-state index is 12.8. The molecule has 1 aliphatic carbocycles. The average molecular weight is 336 g/mol. The van der Waals surface area contributed by atoms with Gasteiger partial charge in [0.25, 0.3) is 0 Å². The first-order valence-electron chi connectivity index (χ1n) is 8.17. The van der Waals surface area contributed by atoms with E-state index in [1.807, 2.05) is 17.8 Å². The predicted molar refractivity (Wildman–Crippen MR) is 89.6 cm³/mol. The first-order chi connectivity index (χ1) is 11.1. The highest BCUT2D eigenvalue weighted by Crippen LogP contribution is 2.31. The maximum atomic E-state index is 12.8. The maximum Gasteiger partial charge on any atom is 0.246 e. The summed E-state index contributed by atoms with van der Waals surface area (Å²) in [6.07, 6.45) is 7.82. The Morgan fingerprint density at radius 2 is 2.13 bits per heavy atom. The Kier molecular flexibility index (Phi) is 4.94. The van der Waals surface area contributed by atoms with Gasteiger partial charge in [-0.05, 0) is 12.8 Å². The zero-order chi connectivity index (χ0) is 16.4. The van der Waals surface area contributed by atoms with Gasteiger partial charge in [-0.25, -0.2) is 4.98 Å². The van der Waals surface area contributed by atoms with Gasteiger partial charge in [0.05, 0.1) is 12.4 Å². The Morgan fingerprint density at radius 3 is 2.78 bits per heavy atom. The van der Waals surface area contributed by atoms with Gasteiger partial charge in [0.1, 0.15) is 11.9 Å². The summed E-state index contributed by atoms with van der Waals surface area (Å²) >= 11 is 1.67. The van der Waals surface area contributed by atoms with Gasteiger partial charge < -0.3 is 14.4 Å². The minimum absolute atomic E-state index is 0.0179. The van der Waals surface area contributed by atoms with Crippen LogP contribution in [0.5, 0.6) is 0 Å². The molecular weight excluding hydrogens is 312 g/mol. The van der Waals surface area contributed by atoms with E-state index >= 15 is 0 Å². The summed E-state index contributed by atoms with van der Waals surface area (Å²) in [7, 11) is 3.71. The molecule has 0 spiro atoms. The molecule has 3 rings (SSSR count). The number of aromatic nitrogens is 2. The third-order valence-corrected chi connectivity index (χ3v) is 5.84. The molecule has 0 bridgehead atoms. The lowest BCUT2D eigenvalue weighted by atomic mass is 10.1. The van der Waals surface area contributed by atoms with Gasteiger partial charge in [0.15, 0.2) is 0 Å². The Bertz CT molecular complexity index is 582. The topological polar surface area (TPSA) is 58.4 Å². The van der Waals surface area contributed by atoms with Crippen molar-refractivity contribution in [3.63, 3.8) is 0 Å². The Labute approximate surface area is 141 Å². The summed E-state index contributed by atoms with van der Waals surface area (Å²) in [6.45, 7) is 0.467. The molecule has 7 heteroatoms. The monoisotopic (exact) mass is 336 g/mol. The molecule has 1 atom stereocenters. The number of amides is 2. The van der Waals surface area contributed by atoms with Crippen LogP contribution in [0.4, 0.5) is 0 Å². The largest absolute Gasteiger partial charge is 0.337 e. The molecule has 2 amide bonds. The summed E-state index contributed by atoms with van der Waals surface area (Å²) in [5, 5.41) is 0. The lowest BCUT2D eigenvalue weighted by molar-refractivity contribution is -0.145. The standard InChI is InChI=1S/C16H24N4O2S/c1-18-8-7-17-14(18)9-19(2)16(22)13-10-23-11-20(13)15(21)12-5-3-4-6-12/h7-8,12-13H,3-6,9-11H2,1-2H3/t13-/m0/s1. The molecule has 0 N–H and O–H groups in total. The Hall–Kier alpha value is -1.50. The van der Waals surface area contributed by atoms with E-state index in [1.54, 1.807) is 34.8 Å². The van der Waals surface area contributed by atoms with Crippen LogP contribution in [0.1, 0.15) is 31.5 Å². The molecule has 1 aromatic rings. The predicted octanol–water partition coefficient (Wildman–Crippen LogP) is 1.47. The fraction of sp³-hybridized carbons (Fsp3) is 0.688. The van der Waals surface area contributed by atoms with Crippen LogP contribution in [0.25, 0.3) is 0 Å². The Balaban J connectivity index is 1.65. The van der Waals surface area contributed by atoms with Crippen LogP contribution in [-0.2, 0) is 23.2 Å². The van der Waals surface area contributed by atoms with E-state index in [1.165, 1.54) is 0 Å². The third-order valence-electron chi connectivity index (χ3n) is 4.83. The Morgan fingerprint density at radius 1 is 1.39 bits per heavy atom. The molecule has 2 heterocycles. The second-order valence-electron chi connectivity index (χ2n) is 6.45. The molecule has 0 unspecified atom stereocenters. The molecule has 0 radical (unpaired) electrons. The van der Waals surface area contributed by atoms with E-state index in [2.05, 4.69) is 4.98 Å². The smallest absolute Gasteiger partial charge is 0.246 e. The SMILES string of the molecule is CN(Cc1nccn1C)C(=O)[C@@H]1CSCN1C(=O)C1CCCC1. The second-order valence-corrected chi connectivity index (χ2v) is 7.45. The molecule has 6 nitrogen and oxygen atoms in total. The van der Waals surface area contributed by atoms with Crippen molar-refractivity contribution in [2.24, 2.45) is 13.0 Å². The van der Waals surface area contributed by atoms with Crippen molar-refractivity contribution in [2.45, 2.75) is 38.3 Å². The molecule has 1 saturated carbocycles. The van der Waals surface area contributed by atoms with Crippen molar-refractivity contribution in [1.29, 1.82) is 0 Å². The molecule has 2 aliphatic rings. The minimum Gasteiger partial charge on any atom is -0.337 e. The normalized spacial score (nSPS) is 21.8. The number of carbonyl (C=O) groups excluding carboxylic acids is 2. The number of aryl methyl sites for hydroxylation is 1. The number of carbonyl (C=O) groups is 2. The third kappa shape index (κ3) is 3.39. The molecule has 1 aliphatic heterocycles. The first kappa shape index (κ1) is 16.4. The van der Waals surface area contributed by atoms with Gasteiger partial charge in [-0.15, -0.1) is 11.8 Å². The molecular formula is C16H24N4O2S. The molecule has 1 saturated heterocycles. The number of hydrogen-bond acceptors (Lipinski definition) is 4. The van der Waals surface area contributed by atoms with E-state index in [9.17, 15) is 9.59 Å². The van der Waals surface area contributed by atoms with Crippen LogP contribution in [0.15, 0.2) is 12.4 Å². The average Bonchev–Trinajstić information content (AvgIpc) is 3.28. The summed E-state index contributed by atoms with van der Waals surface area (Å²) < 4.78 is 1.91. The van der Waals surface area contributed by atoms with E-state index in [-0.39, 0.29) is 23.8 Å². The number of likely N-dealkylation sites (N-methyl/N-ethyl adjacent to an activating group) is 1. The van der Waals surface area contributed by atoms with Crippen LogP contribution in [-0.4, -0.2) is 55.9 Å². The summed E-state index contributed by atoms with van der Waals surface area (Å²) in [5.74, 6) is 2.51. The lowest BCUT2D eigenvalue weighted by Crippen LogP contribution is -2.49. The van der Waals surface area contributed by atoms with Crippen molar-refractivity contribution < 1.29 is 9.59 Å². The molecule has 2 fully saturated rings. The second kappa shape index (κ2) is 6.95. The highest BCUT2D eigenvalue weighted by molar-refractivity contribution is 7.99. The fourth-order valence-corrected chi connectivity index (χ4v) is 4.52. The first-order valence-corrected chi connectivity index (χ1v) is 9.33. The zero-order valence-electron chi connectivity index (χ0n) is 13.8. The minimum atomic E-state index is -0.321. The molecule has 126 valence electrons. The van der Waals surface area contributed by atoms with Crippen LogP contribution < -0.4 is 0 Å². The quantitative estimate of drug-likeness (QED) is 0.835. The number of thioether (sulfide) groups is 1. The van der Waals surface area contributed by atoms with Gasteiger partial charge in [-0.2, -0.15) is 0 Å². The zero-order valence-corrected chi connectivity index (χ0v) is 14.6. The van der Waals surface area contributed by atoms with Gasteiger partial charge in [-0.1, -0.05) is 12.8 Å². The summed E-state index contributed by atoms with van der Waals surface area (Å²) in [5.41, 5.74) is 0. The van der Waals surface area contributed by atoms with Crippen molar-refractivity contribution in [1.82, 2.24) is 19.4 Å². The van der Waals surface area contributed by atoms with Crippen molar-refractivity contribution >= 4 is 23.6 Å². The van der Waals surface area contributed by atoms with Crippen molar-refractivity contribution in [3.8, 4) is 0 Å². The highest BCUT2D eigenvalue weighted by atomic mass is 32.2. The number of hydrogen-bond donors (Lipinski definition) is 0. The molecule has 23 heavy (non-hydrogen) atoms. The summed E-state index contributed by atoms with van der Waals surface area (Å²) in [4.78, 5) is 33.2. The van der Waals surface area contributed by atoms with E-state index < -0.39 is 0 Å². The van der Waals surface area contributed by atoms with E-state index in [0.29, 0.717) is 18.2 Å². The van der Waals surface area contributed by atoms with Crippen molar-refractivity contribution in [2.75, 3.05) is 18.7 Å². The number of rotatable bonds is 4. The van der Waals surface area contributed by atoms with Crippen molar-refractivity contribution in [3.05, 3.63) is 18.2 Å². The van der Waals surface area contributed by atoms with Crippen LogP contribution in [0.2, 0.25) is 0 Å². The number of nitrogens with zero attached hydrogens (tertiary/aromatic N) is 4. The molecule has 1 aromatic heterocycles. The summed E-state index contributed by atoms with van der Waals surface area (Å²) in [6, 6.07) is -0.321. The highest BCUT2D eigenvalue weighted by Gasteiger charge is 2.39. The van der Waals surface area contributed by atoms with Gasteiger partial charge >= 0.3 is 0 Å². The fourth-order valence-electron chi connectivity index (χ4n) is 3.36. The van der Waals surface area contributed by atoms with E-state index in [0.717, 1.165) is 31.5 Å². The van der Waals surface area contributed by atoms with E-state index in [4.69, 9.17) is 0 Å². The van der Waals surface area contributed by atoms with Gasteiger partial charge in [0, 0.05) is 38.2 Å². The van der Waals surface area contributed by atoms with Gasteiger partial charge in [0.2, 0.25) is 11.8 Å². The number of imidazole rings is 1.